The van der Waals surface area contributed by atoms with Gasteiger partial charge in [-0.15, -0.1) is 0 Å². The normalized spacial score (nSPS) is 19.4. The standard InChI is InChI=1S/C24H30N2O3S/c1-17-8-11-22(18(2)16-17)30(28,29)26-14-12-21(13-15-26)24(27)25-23(20-9-10-20)19-6-4-3-5-7-19/h3-8,11,16,20-21,23H,9-10,12-15H2,1-2H3,(H,25,27)/t23-/m0/s1. The molecule has 6 heteroatoms. The molecule has 1 heterocycles. The van der Waals surface area contributed by atoms with E-state index in [0.29, 0.717) is 36.7 Å². The third-order valence-electron chi connectivity index (χ3n) is 6.32. The zero-order chi connectivity index (χ0) is 21.3. The largest absolute Gasteiger partial charge is 0.349 e. The fraction of sp³-hybridized carbons (Fsp3) is 0.458. The molecule has 5 nitrogen and oxygen atoms in total. The van der Waals surface area contributed by atoms with Gasteiger partial charge in [-0.1, -0.05) is 48.0 Å². The highest BCUT2D eigenvalue weighted by molar-refractivity contribution is 7.89. The number of hydrogen-bond donors (Lipinski definition) is 1. The molecule has 0 unspecified atom stereocenters. The molecule has 1 saturated carbocycles. The molecular weight excluding hydrogens is 396 g/mol. The van der Waals surface area contributed by atoms with Crippen LogP contribution in [0, 0.1) is 25.7 Å². The summed E-state index contributed by atoms with van der Waals surface area (Å²) < 4.78 is 27.7. The molecule has 1 atom stereocenters. The molecular formula is C24H30N2O3S. The lowest BCUT2D eigenvalue weighted by molar-refractivity contribution is -0.127. The monoisotopic (exact) mass is 426 g/mol. The maximum Gasteiger partial charge on any atom is 0.243 e. The van der Waals surface area contributed by atoms with Gasteiger partial charge < -0.3 is 5.32 Å². The zero-order valence-electron chi connectivity index (χ0n) is 17.7. The minimum atomic E-state index is -3.53. The molecule has 0 aromatic heterocycles. The summed E-state index contributed by atoms with van der Waals surface area (Å²) in [4.78, 5) is 13.3. The van der Waals surface area contributed by atoms with Gasteiger partial charge in [-0.05, 0) is 62.6 Å². The number of amides is 1. The van der Waals surface area contributed by atoms with E-state index in [1.807, 2.05) is 44.2 Å². The number of sulfonamides is 1. The number of benzene rings is 2. The molecule has 1 N–H and O–H groups in total. The quantitative estimate of drug-likeness (QED) is 0.760. The third-order valence-corrected chi connectivity index (χ3v) is 8.38. The SMILES string of the molecule is Cc1ccc(S(=O)(=O)N2CCC(C(=O)N[C@@H](c3ccccc3)C3CC3)CC2)c(C)c1. The minimum absolute atomic E-state index is 0.0549. The van der Waals surface area contributed by atoms with Crippen LogP contribution in [0.1, 0.15) is 48.4 Å². The summed E-state index contributed by atoms with van der Waals surface area (Å²) in [6, 6.07) is 15.6. The van der Waals surface area contributed by atoms with Gasteiger partial charge in [-0.25, -0.2) is 8.42 Å². The lowest BCUT2D eigenvalue weighted by Crippen LogP contribution is -2.44. The third kappa shape index (κ3) is 4.44. The molecule has 1 amide bonds. The summed E-state index contributed by atoms with van der Waals surface area (Å²) in [5.41, 5.74) is 2.97. The first kappa shape index (κ1) is 21.1. The van der Waals surface area contributed by atoms with Crippen molar-refractivity contribution in [2.45, 2.75) is 50.5 Å². The van der Waals surface area contributed by atoms with Crippen molar-refractivity contribution in [2.75, 3.05) is 13.1 Å². The summed E-state index contributed by atoms with van der Waals surface area (Å²) in [5.74, 6) is 0.432. The van der Waals surface area contributed by atoms with Crippen LogP contribution in [0.3, 0.4) is 0 Å². The van der Waals surface area contributed by atoms with E-state index in [0.717, 1.165) is 29.5 Å². The maximum absolute atomic E-state index is 13.1. The first-order valence-electron chi connectivity index (χ1n) is 10.8. The molecule has 2 aromatic rings. The summed E-state index contributed by atoms with van der Waals surface area (Å²) in [6.45, 7) is 4.56. The van der Waals surface area contributed by atoms with Crippen molar-refractivity contribution >= 4 is 15.9 Å². The molecule has 160 valence electrons. The number of carbonyl (C=O) groups excluding carboxylic acids is 1. The average molecular weight is 427 g/mol. The first-order valence-corrected chi connectivity index (χ1v) is 12.2. The van der Waals surface area contributed by atoms with Crippen molar-refractivity contribution in [1.29, 1.82) is 0 Å². The molecule has 0 radical (unpaired) electrons. The van der Waals surface area contributed by atoms with Crippen LogP contribution in [0.25, 0.3) is 0 Å². The van der Waals surface area contributed by atoms with Gasteiger partial charge in [0.05, 0.1) is 10.9 Å². The summed E-state index contributed by atoms with van der Waals surface area (Å²) in [6.07, 6.45) is 3.41. The Morgan fingerprint density at radius 3 is 2.27 bits per heavy atom. The van der Waals surface area contributed by atoms with Gasteiger partial charge in [0, 0.05) is 19.0 Å². The van der Waals surface area contributed by atoms with Crippen molar-refractivity contribution < 1.29 is 13.2 Å². The van der Waals surface area contributed by atoms with E-state index in [2.05, 4.69) is 17.4 Å². The van der Waals surface area contributed by atoms with Gasteiger partial charge in [0.15, 0.2) is 0 Å². The number of piperidine rings is 1. The molecule has 1 saturated heterocycles. The predicted octanol–water partition coefficient (Wildman–Crippen LogP) is 3.97. The van der Waals surface area contributed by atoms with Gasteiger partial charge in [0.25, 0.3) is 0 Å². The van der Waals surface area contributed by atoms with Gasteiger partial charge in [-0.2, -0.15) is 4.31 Å². The van der Waals surface area contributed by atoms with E-state index in [9.17, 15) is 13.2 Å². The second-order valence-electron chi connectivity index (χ2n) is 8.68. The number of hydrogen-bond acceptors (Lipinski definition) is 3. The molecule has 4 rings (SSSR count). The number of aryl methyl sites for hydroxylation is 2. The Morgan fingerprint density at radius 2 is 1.67 bits per heavy atom. The summed E-state index contributed by atoms with van der Waals surface area (Å²) in [5, 5.41) is 3.26. The van der Waals surface area contributed by atoms with Crippen LogP contribution in [-0.2, 0) is 14.8 Å². The van der Waals surface area contributed by atoms with Gasteiger partial charge in [0.1, 0.15) is 0 Å². The van der Waals surface area contributed by atoms with Crippen molar-refractivity contribution in [2.24, 2.45) is 11.8 Å². The Kier molecular flexibility index (Phi) is 5.98. The molecule has 2 fully saturated rings. The second-order valence-corrected chi connectivity index (χ2v) is 10.6. The highest BCUT2D eigenvalue weighted by Crippen LogP contribution is 2.41. The fourth-order valence-corrected chi connectivity index (χ4v) is 6.10. The summed E-state index contributed by atoms with van der Waals surface area (Å²) >= 11 is 0. The van der Waals surface area contributed by atoms with Crippen molar-refractivity contribution in [1.82, 2.24) is 9.62 Å². The molecule has 1 aliphatic carbocycles. The smallest absolute Gasteiger partial charge is 0.243 e. The highest BCUT2D eigenvalue weighted by Gasteiger charge is 2.37. The maximum atomic E-state index is 13.1. The Labute approximate surface area is 179 Å². The minimum Gasteiger partial charge on any atom is -0.349 e. The van der Waals surface area contributed by atoms with Gasteiger partial charge in [0.2, 0.25) is 15.9 Å². The van der Waals surface area contributed by atoms with Crippen LogP contribution in [0.15, 0.2) is 53.4 Å². The van der Waals surface area contributed by atoms with Crippen LogP contribution in [0.2, 0.25) is 0 Å². The Hall–Kier alpha value is -2.18. The second kappa shape index (κ2) is 8.52. The van der Waals surface area contributed by atoms with Crippen LogP contribution < -0.4 is 5.32 Å². The van der Waals surface area contributed by atoms with E-state index in [1.54, 1.807) is 6.07 Å². The van der Waals surface area contributed by atoms with Crippen LogP contribution in [0.4, 0.5) is 0 Å². The first-order chi connectivity index (χ1) is 14.4. The topological polar surface area (TPSA) is 66.5 Å². The van der Waals surface area contributed by atoms with Crippen LogP contribution >= 0.6 is 0 Å². The molecule has 1 aliphatic heterocycles. The molecule has 0 spiro atoms. The van der Waals surface area contributed by atoms with Crippen molar-refractivity contribution in [3.05, 3.63) is 65.2 Å². The van der Waals surface area contributed by atoms with Crippen LogP contribution in [-0.4, -0.2) is 31.7 Å². The van der Waals surface area contributed by atoms with E-state index in [4.69, 9.17) is 0 Å². The fourth-order valence-electron chi connectivity index (χ4n) is 4.42. The average Bonchev–Trinajstić information content (AvgIpc) is 3.57. The molecule has 30 heavy (non-hydrogen) atoms. The van der Waals surface area contributed by atoms with Gasteiger partial charge >= 0.3 is 0 Å². The Balaban J connectivity index is 1.39. The lowest BCUT2D eigenvalue weighted by atomic mass is 9.95. The summed E-state index contributed by atoms with van der Waals surface area (Å²) in [7, 11) is -3.53. The van der Waals surface area contributed by atoms with Crippen LogP contribution in [0.5, 0.6) is 0 Å². The molecule has 2 aromatic carbocycles. The zero-order valence-corrected chi connectivity index (χ0v) is 18.5. The number of nitrogens with one attached hydrogen (secondary N) is 1. The van der Waals surface area contributed by atoms with Gasteiger partial charge in [-0.3, -0.25) is 4.79 Å². The Morgan fingerprint density at radius 1 is 1.00 bits per heavy atom. The number of nitrogens with zero attached hydrogens (tertiary/aromatic N) is 1. The number of rotatable bonds is 6. The lowest BCUT2D eigenvalue weighted by Gasteiger charge is -2.32. The Bertz CT molecular complexity index is 1010. The van der Waals surface area contributed by atoms with Crippen molar-refractivity contribution in [3.8, 4) is 0 Å². The van der Waals surface area contributed by atoms with Crippen molar-refractivity contribution in [3.63, 3.8) is 0 Å². The van der Waals surface area contributed by atoms with E-state index in [1.165, 1.54) is 4.31 Å². The van der Waals surface area contributed by atoms with E-state index in [-0.39, 0.29) is 17.9 Å². The predicted molar refractivity (Wildman–Crippen MR) is 117 cm³/mol. The van der Waals surface area contributed by atoms with E-state index < -0.39 is 10.0 Å². The highest BCUT2D eigenvalue weighted by atomic mass is 32.2. The van der Waals surface area contributed by atoms with E-state index >= 15 is 0 Å². The number of carbonyl (C=O) groups is 1. The molecule has 2 aliphatic rings. The molecule has 0 bridgehead atoms.